The summed E-state index contributed by atoms with van der Waals surface area (Å²) in [5, 5.41) is 4.30. The summed E-state index contributed by atoms with van der Waals surface area (Å²) in [6, 6.07) is 7.11. The van der Waals surface area contributed by atoms with Crippen molar-refractivity contribution in [2.75, 3.05) is 13.7 Å². The number of H-pyrrole nitrogens is 1. The van der Waals surface area contributed by atoms with Crippen LogP contribution in [0.3, 0.4) is 0 Å². The molecule has 2 heterocycles. The van der Waals surface area contributed by atoms with Gasteiger partial charge in [0.25, 0.3) is 0 Å². The van der Waals surface area contributed by atoms with Gasteiger partial charge in [0.15, 0.2) is 0 Å². The average molecular weight is 415 g/mol. The number of benzene rings is 1. The van der Waals surface area contributed by atoms with E-state index in [0.717, 1.165) is 35.5 Å². The Labute approximate surface area is 175 Å². The Bertz CT molecular complexity index is 878. The van der Waals surface area contributed by atoms with Gasteiger partial charge in [-0.15, -0.1) is 0 Å². The second-order valence-electron chi connectivity index (χ2n) is 7.47. The molecule has 29 heavy (non-hydrogen) atoms. The number of amides is 2. The molecule has 0 aliphatic carbocycles. The molecule has 3 rings (SSSR count). The number of hydrogen-bond acceptors (Lipinski definition) is 5. The Balaban J connectivity index is 1.79. The zero-order valence-electron chi connectivity index (χ0n) is 16.8. The van der Waals surface area contributed by atoms with Crippen molar-refractivity contribution in [3.63, 3.8) is 0 Å². The number of thiocarbonyl (C=S) groups is 1. The number of aromatic nitrogens is 2. The highest BCUT2D eigenvalue weighted by atomic mass is 32.1. The molecule has 1 saturated heterocycles. The number of ether oxygens (including phenoxy) is 1. The molecule has 2 amide bonds. The lowest BCUT2D eigenvalue weighted by Gasteiger charge is -2.30. The summed E-state index contributed by atoms with van der Waals surface area (Å²) in [6.45, 7) is 4.44. The van der Waals surface area contributed by atoms with Crippen molar-refractivity contribution in [3.8, 4) is 11.3 Å². The van der Waals surface area contributed by atoms with E-state index >= 15 is 0 Å². The van der Waals surface area contributed by atoms with Crippen LogP contribution in [0.1, 0.15) is 44.1 Å². The van der Waals surface area contributed by atoms with Crippen LogP contribution in [0.2, 0.25) is 0 Å². The first kappa shape index (κ1) is 21.0. The number of rotatable bonds is 6. The minimum Gasteiger partial charge on any atom is -0.453 e. The normalized spacial score (nSPS) is 17.2. The minimum absolute atomic E-state index is 0.0605. The highest BCUT2D eigenvalue weighted by Gasteiger charge is 2.37. The Morgan fingerprint density at radius 2 is 2.07 bits per heavy atom. The van der Waals surface area contributed by atoms with E-state index < -0.39 is 12.1 Å². The summed E-state index contributed by atoms with van der Waals surface area (Å²) in [7, 11) is 1.29. The smallest absolute Gasteiger partial charge is 0.407 e. The molecule has 1 fully saturated rings. The fourth-order valence-corrected chi connectivity index (χ4v) is 3.74. The van der Waals surface area contributed by atoms with Crippen molar-refractivity contribution < 1.29 is 14.3 Å². The van der Waals surface area contributed by atoms with E-state index in [1.165, 1.54) is 7.11 Å². The van der Waals surface area contributed by atoms with Gasteiger partial charge in [0.2, 0.25) is 5.91 Å². The number of nitrogens with one attached hydrogen (secondary N) is 2. The summed E-state index contributed by atoms with van der Waals surface area (Å²) in [5.74, 6) is 0.580. The van der Waals surface area contributed by atoms with Crippen LogP contribution in [-0.2, 0) is 9.53 Å². The second-order valence-corrected chi connectivity index (χ2v) is 7.70. The molecule has 8 heteroatoms. The van der Waals surface area contributed by atoms with E-state index in [9.17, 15) is 9.59 Å². The van der Waals surface area contributed by atoms with Crippen molar-refractivity contribution in [3.05, 3.63) is 41.9 Å². The summed E-state index contributed by atoms with van der Waals surface area (Å²) < 4.78 is 4.68. The van der Waals surface area contributed by atoms with Crippen molar-refractivity contribution in [2.45, 2.75) is 38.8 Å². The van der Waals surface area contributed by atoms with Gasteiger partial charge >= 0.3 is 6.09 Å². The van der Waals surface area contributed by atoms with Crippen LogP contribution in [0, 0.1) is 5.92 Å². The predicted octanol–water partition coefficient (Wildman–Crippen LogP) is 3.47. The first-order valence-electron chi connectivity index (χ1n) is 9.70. The number of alkyl carbamates (subject to hydrolysis) is 1. The molecule has 7 nitrogen and oxygen atoms in total. The number of carbonyl (C=O) groups excluding carboxylic acids is 2. The van der Waals surface area contributed by atoms with Gasteiger partial charge in [-0.1, -0.05) is 50.3 Å². The monoisotopic (exact) mass is 414 g/mol. The topological polar surface area (TPSA) is 87.3 Å². The highest BCUT2D eigenvalue weighted by Crippen LogP contribution is 2.32. The predicted molar refractivity (Wildman–Crippen MR) is 115 cm³/mol. The second kappa shape index (κ2) is 9.17. The van der Waals surface area contributed by atoms with E-state index in [1.54, 1.807) is 16.5 Å². The summed E-state index contributed by atoms with van der Waals surface area (Å²) >= 11 is 4.95. The van der Waals surface area contributed by atoms with Gasteiger partial charge in [-0.2, -0.15) is 0 Å². The first-order chi connectivity index (χ1) is 13.9. The summed E-state index contributed by atoms with van der Waals surface area (Å²) in [6.07, 6.45) is 2.90. The zero-order chi connectivity index (χ0) is 21.0. The number of nitrogens with zero attached hydrogens (tertiary/aromatic N) is 2. The Hall–Kier alpha value is -2.74. The molecule has 1 aliphatic rings. The summed E-state index contributed by atoms with van der Waals surface area (Å²) in [4.78, 5) is 34.5. The Morgan fingerprint density at radius 3 is 2.69 bits per heavy atom. The molecule has 154 valence electrons. The molecular formula is C21H26N4O3S. The molecule has 0 saturated carbocycles. The lowest BCUT2D eigenvalue weighted by Crippen LogP contribution is -2.51. The van der Waals surface area contributed by atoms with Gasteiger partial charge in [0, 0.05) is 11.9 Å². The van der Waals surface area contributed by atoms with Crippen LogP contribution in [-0.4, -0.2) is 51.9 Å². The van der Waals surface area contributed by atoms with E-state index in [2.05, 4.69) is 20.0 Å². The van der Waals surface area contributed by atoms with E-state index in [1.807, 2.05) is 38.1 Å². The molecule has 1 aromatic carbocycles. The maximum Gasteiger partial charge on any atom is 0.407 e. The Morgan fingerprint density at radius 1 is 1.34 bits per heavy atom. The molecule has 1 aliphatic heterocycles. The van der Waals surface area contributed by atoms with Gasteiger partial charge in [0.1, 0.15) is 11.9 Å². The molecule has 2 aromatic rings. The van der Waals surface area contributed by atoms with E-state index in [-0.39, 0.29) is 17.9 Å². The number of carbonyl (C=O) groups is 2. The quantitative estimate of drug-likeness (QED) is 0.707. The van der Waals surface area contributed by atoms with Crippen LogP contribution in [0.5, 0.6) is 0 Å². The van der Waals surface area contributed by atoms with E-state index in [0.29, 0.717) is 6.54 Å². The fourth-order valence-electron chi connectivity index (χ4n) is 3.59. The standard InChI is InChI=1S/C21H26N4O3S/c1-13(2)18(24-21(27)28-3)20(26)25-10-4-5-17(25)19-22-11-16(23-19)15-8-6-14(12-29)7-9-15/h6-9,11-13,17-18H,4-5,10H2,1-3H3,(H,22,23)(H,24,27)/t17-,18-/m0/s1. The molecule has 2 atom stereocenters. The van der Waals surface area contributed by atoms with E-state index in [4.69, 9.17) is 12.2 Å². The third-order valence-electron chi connectivity index (χ3n) is 5.20. The molecule has 0 bridgehead atoms. The van der Waals surface area contributed by atoms with Gasteiger partial charge in [-0.25, -0.2) is 9.78 Å². The molecule has 0 spiro atoms. The van der Waals surface area contributed by atoms with Gasteiger partial charge in [-0.3, -0.25) is 4.79 Å². The van der Waals surface area contributed by atoms with Crippen molar-refractivity contribution in [1.82, 2.24) is 20.2 Å². The van der Waals surface area contributed by atoms with Gasteiger partial charge in [0.05, 0.1) is 25.0 Å². The van der Waals surface area contributed by atoms with Crippen molar-refractivity contribution in [1.29, 1.82) is 0 Å². The molecule has 2 N–H and O–H groups in total. The largest absolute Gasteiger partial charge is 0.453 e. The van der Waals surface area contributed by atoms with Gasteiger partial charge < -0.3 is 19.9 Å². The lowest BCUT2D eigenvalue weighted by atomic mass is 10.0. The number of hydrogen-bond donors (Lipinski definition) is 2. The van der Waals surface area contributed by atoms with Crippen LogP contribution >= 0.6 is 12.2 Å². The fraction of sp³-hybridized carbons (Fsp3) is 0.429. The third kappa shape index (κ3) is 4.64. The van der Waals surface area contributed by atoms with Crippen molar-refractivity contribution in [2.24, 2.45) is 5.92 Å². The third-order valence-corrected chi connectivity index (χ3v) is 5.47. The molecular weight excluding hydrogens is 388 g/mol. The number of aromatic amines is 1. The van der Waals surface area contributed by atoms with Gasteiger partial charge in [-0.05, 0) is 29.9 Å². The summed E-state index contributed by atoms with van der Waals surface area (Å²) in [5.41, 5.74) is 2.88. The van der Waals surface area contributed by atoms with Crippen LogP contribution in [0.25, 0.3) is 11.3 Å². The van der Waals surface area contributed by atoms with Crippen LogP contribution in [0.4, 0.5) is 4.79 Å². The highest BCUT2D eigenvalue weighted by molar-refractivity contribution is 7.79. The molecule has 0 unspecified atom stereocenters. The maximum atomic E-state index is 13.2. The van der Waals surface area contributed by atoms with Crippen LogP contribution in [0.15, 0.2) is 30.5 Å². The van der Waals surface area contributed by atoms with Crippen molar-refractivity contribution >= 4 is 29.6 Å². The number of methoxy groups -OCH3 is 1. The number of imidazole rings is 1. The lowest BCUT2D eigenvalue weighted by molar-refractivity contribution is -0.135. The SMILES string of the molecule is COC(=O)N[C@H](C(=O)N1CCC[C@H]1c1ncc(-c2ccc(C=S)cc2)[nH]1)C(C)C. The number of likely N-dealkylation sites (tertiary alicyclic amines) is 1. The molecule has 1 aromatic heterocycles. The Kier molecular flexibility index (Phi) is 6.64. The molecule has 0 radical (unpaired) electrons. The maximum absolute atomic E-state index is 13.2. The zero-order valence-corrected chi connectivity index (χ0v) is 17.7. The first-order valence-corrected chi connectivity index (χ1v) is 10.2. The average Bonchev–Trinajstić information content (AvgIpc) is 3.40. The minimum atomic E-state index is -0.639. The van der Waals surface area contributed by atoms with Crippen LogP contribution < -0.4 is 5.32 Å².